The Morgan fingerprint density at radius 3 is 2.56 bits per heavy atom. The van der Waals surface area contributed by atoms with Crippen LogP contribution in [-0.4, -0.2) is 49.1 Å². The minimum atomic E-state index is -0.176. The summed E-state index contributed by atoms with van der Waals surface area (Å²) in [6.07, 6.45) is 2.66. The van der Waals surface area contributed by atoms with E-state index in [1.54, 1.807) is 0 Å². The van der Waals surface area contributed by atoms with Gasteiger partial charge < -0.3 is 16.0 Å². The molecular formula is C21H28N4O2. The molecule has 3 N–H and O–H groups in total. The summed E-state index contributed by atoms with van der Waals surface area (Å²) in [5.74, 6) is 0.0808. The lowest BCUT2D eigenvalue weighted by Gasteiger charge is -2.31. The molecule has 0 aromatic heterocycles. The molecule has 0 unspecified atom stereocenters. The summed E-state index contributed by atoms with van der Waals surface area (Å²) in [5, 5.41) is 11.1. The molecule has 0 bridgehead atoms. The van der Waals surface area contributed by atoms with E-state index in [1.165, 1.54) is 0 Å². The van der Waals surface area contributed by atoms with E-state index in [1.807, 2.05) is 43.3 Å². The van der Waals surface area contributed by atoms with Gasteiger partial charge in [-0.1, -0.05) is 37.3 Å². The number of nitrogens with zero attached hydrogens (tertiary/aromatic N) is 1. The van der Waals surface area contributed by atoms with E-state index in [9.17, 15) is 9.59 Å². The molecule has 2 aromatic carbocycles. The Bertz CT molecular complexity index is 785. The highest BCUT2D eigenvalue weighted by Crippen LogP contribution is 2.19. The number of piperidine rings is 1. The highest BCUT2D eigenvalue weighted by atomic mass is 16.2. The summed E-state index contributed by atoms with van der Waals surface area (Å²) in [4.78, 5) is 26.2. The first kappa shape index (κ1) is 19.2. The van der Waals surface area contributed by atoms with Crippen LogP contribution in [0.2, 0.25) is 0 Å². The first-order valence-corrected chi connectivity index (χ1v) is 9.69. The second-order valence-corrected chi connectivity index (χ2v) is 7.06. The topological polar surface area (TPSA) is 73.5 Å². The molecule has 3 rings (SSSR count). The van der Waals surface area contributed by atoms with Gasteiger partial charge in [-0.15, -0.1) is 0 Å². The van der Waals surface area contributed by atoms with Crippen molar-refractivity contribution in [1.29, 1.82) is 0 Å². The lowest BCUT2D eigenvalue weighted by atomic mass is 10.1. The summed E-state index contributed by atoms with van der Waals surface area (Å²) in [5.41, 5.74) is 0.788. The van der Waals surface area contributed by atoms with Crippen molar-refractivity contribution in [2.24, 2.45) is 0 Å². The molecule has 1 heterocycles. The van der Waals surface area contributed by atoms with Crippen LogP contribution in [0, 0.1) is 0 Å². The van der Waals surface area contributed by atoms with Gasteiger partial charge in [0.05, 0.1) is 6.54 Å². The van der Waals surface area contributed by atoms with E-state index in [-0.39, 0.29) is 18.0 Å². The van der Waals surface area contributed by atoms with Crippen molar-refractivity contribution in [3.8, 4) is 0 Å². The largest absolute Gasteiger partial charge is 0.355 e. The summed E-state index contributed by atoms with van der Waals surface area (Å²) in [7, 11) is 0. The quantitative estimate of drug-likeness (QED) is 0.734. The average molecular weight is 368 g/mol. The van der Waals surface area contributed by atoms with Gasteiger partial charge in [0, 0.05) is 31.4 Å². The minimum absolute atomic E-state index is 0.0808. The molecule has 1 aliphatic rings. The fourth-order valence-electron chi connectivity index (χ4n) is 3.38. The maximum atomic E-state index is 12.3. The molecule has 27 heavy (non-hydrogen) atoms. The summed E-state index contributed by atoms with van der Waals surface area (Å²) >= 11 is 0. The van der Waals surface area contributed by atoms with E-state index < -0.39 is 0 Å². The Labute approximate surface area is 160 Å². The third-order valence-electron chi connectivity index (χ3n) is 4.87. The number of fused-ring (bicyclic) bond motifs is 1. The zero-order chi connectivity index (χ0) is 19.1. The lowest BCUT2D eigenvalue weighted by Crippen LogP contribution is -2.48. The Kier molecular flexibility index (Phi) is 6.65. The zero-order valence-electron chi connectivity index (χ0n) is 15.8. The number of anilines is 1. The zero-order valence-corrected chi connectivity index (χ0v) is 15.8. The second kappa shape index (κ2) is 9.37. The molecule has 6 nitrogen and oxygen atoms in total. The number of likely N-dealkylation sites (tertiary alicyclic amines) is 1. The van der Waals surface area contributed by atoms with Gasteiger partial charge in [-0.2, -0.15) is 0 Å². The third kappa shape index (κ3) is 5.69. The number of urea groups is 1. The van der Waals surface area contributed by atoms with Gasteiger partial charge in [0.15, 0.2) is 0 Å². The summed E-state index contributed by atoms with van der Waals surface area (Å²) in [6.45, 7) is 4.85. The Balaban J connectivity index is 1.43. The number of carbonyl (C=O) groups excluding carboxylic acids is 2. The van der Waals surface area contributed by atoms with E-state index in [0.717, 1.165) is 55.4 Å². The molecule has 3 amide bonds. The first-order valence-electron chi connectivity index (χ1n) is 9.69. The van der Waals surface area contributed by atoms with Crippen LogP contribution in [0.1, 0.15) is 26.2 Å². The van der Waals surface area contributed by atoms with Crippen LogP contribution in [-0.2, 0) is 4.79 Å². The Morgan fingerprint density at radius 1 is 1.07 bits per heavy atom. The maximum absolute atomic E-state index is 12.3. The van der Waals surface area contributed by atoms with E-state index in [4.69, 9.17) is 0 Å². The van der Waals surface area contributed by atoms with Crippen molar-refractivity contribution in [1.82, 2.24) is 15.5 Å². The molecule has 0 saturated carbocycles. The second-order valence-electron chi connectivity index (χ2n) is 7.06. The van der Waals surface area contributed by atoms with Gasteiger partial charge in [0.25, 0.3) is 0 Å². The van der Waals surface area contributed by atoms with Crippen molar-refractivity contribution in [2.45, 2.75) is 32.2 Å². The molecule has 144 valence electrons. The number of amides is 3. The molecule has 2 aromatic rings. The number of hydrogen-bond donors (Lipinski definition) is 3. The summed E-state index contributed by atoms with van der Waals surface area (Å²) in [6, 6.07) is 13.9. The standard InChI is InChI=1S/C21H28N4O2/c1-2-11-22-20(26)15-25-12-9-18(10-13-25)23-21(27)24-19-8-7-16-5-3-4-6-17(16)14-19/h3-8,14,18H,2,9-13,15H2,1H3,(H,22,26)(H2,23,24,27). The van der Waals surface area contributed by atoms with Crippen molar-refractivity contribution in [3.63, 3.8) is 0 Å². The molecule has 6 heteroatoms. The SMILES string of the molecule is CCCNC(=O)CN1CCC(NC(=O)Nc2ccc3ccccc3c2)CC1. The molecule has 1 fully saturated rings. The fraction of sp³-hybridized carbons (Fsp3) is 0.429. The number of carbonyl (C=O) groups is 2. The fourth-order valence-corrected chi connectivity index (χ4v) is 3.38. The number of benzene rings is 2. The van der Waals surface area contributed by atoms with Gasteiger partial charge in [0.1, 0.15) is 0 Å². The molecule has 0 radical (unpaired) electrons. The van der Waals surface area contributed by atoms with Gasteiger partial charge in [0.2, 0.25) is 5.91 Å². The highest BCUT2D eigenvalue weighted by molar-refractivity contribution is 5.93. The molecule has 0 spiro atoms. The minimum Gasteiger partial charge on any atom is -0.355 e. The van der Waals surface area contributed by atoms with Crippen molar-refractivity contribution >= 4 is 28.4 Å². The molecule has 0 aliphatic carbocycles. The number of rotatable bonds is 6. The van der Waals surface area contributed by atoms with Crippen LogP contribution in [0.5, 0.6) is 0 Å². The molecule has 1 saturated heterocycles. The van der Waals surface area contributed by atoms with Crippen molar-refractivity contribution in [2.75, 3.05) is 31.5 Å². The van der Waals surface area contributed by atoms with Crippen LogP contribution in [0.3, 0.4) is 0 Å². The van der Waals surface area contributed by atoms with Gasteiger partial charge in [-0.3, -0.25) is 9.69 Å². The Hall–Kier alpha value is -2.60. The normalized spacial score (nSPS) is 15.4. The maximum Gasteiger partial charge on any atom is 0.319 e. The van der Waals surface area contributed by atoms with Crippen LogP contribution < -0.4 is 16.0 Å². The third-order valence-corrected chi connectivity index (χ3v) is 4.87. The van der Waals surface area contributed by atoms with Gasteiger partial charge >= 0.3 is 6.03 Å². The summed E-state index contributed by atoms with van der Waals surface area (Å²) < 4.78 is 0. The van der Waals surface area contributed by atoms with Crippen LogP contribution in [0.4, 0.5) is 10.5 Å². The molecular weight excluding hydrogens is 340 g/mol. The highest BCUT2D eigenvalue weighted by Gasteiger charge is 2.22. The van der Waals surface area contributed by atoms with Crippen molar-refractivity contribution < 1.29 is 9.59 Å². The van der Waals surface area contributed by atoms with Crippen LogP contribution in [0.25, 0.3) is 10.8 Å². The van der Waals surface area contributed by atoms with Gasteiger partial charge in [-0.05, 0) is 42.2 Å². The Morgan fingerprint density at radius 2 is 1.81 bits per heavy atom. The lowest BCUT2D eigenvalue weighted by molar-refractivity contribution is -0.122. The number of hydrogen-bond acceptors (Lipinski definition) is 3. The molecule has 1 aliphatic heterocycles. The number of nitrogens with one attached hydrogen (secondary N) is 3. The van der Waals surface area contributed by atoms with Crippen molar-refractivity contribution in [3.05, 3.63) is 42.5 Å². The first-order chi connectivity index (χ1) is 13.1. The monoisotopic (exact) mass is 368 g/mol. The van der Waals surface area contributed by atoms with Crippen LogP contribution >= 0.6 is 0 Å². The van der Waals surface area contributed by atoms with Gasteiger partial charge in [-0.25, -0.2) is 4.79 Å². The molecule has 0 atom stereocenters. The van der Waals surface area contributed by atoms with E-state index >= 15 is 0 Å². The smallest absolute Gasteiger partial charge is 0.319 e. The van der Waals surface area contributed by atoms with E-state index in [0.29, 0.717) is 6.54 Å². The predicted molar refractivity (Wildman–Crippen MR) is 109 cm³/mol. The van der Waals surface area contributed by atoms with Crippen LogP contribution in [0.15, 0.2) is 42.5 Å². The average Bonchev–Trinajstić information content (AvgIpc) is 2.68. The predicted octanol–water partition coefficient (Wildman–Crippen LogP) is 2.95. The van der Waals surface area contributed by atoms with E-state index in [2.05, 4.69) is 26.9 Å².